The SMILES string of the molecule is c1c(N2CCN(c3nn4cc(C5CCCC5)nc4s3)CC2)n[nH]c1C1CC1. The first-order valence-corrected chi connectivity index (χ1v) is 11.1. The number of aromatic nitrogens is 5. The zero-order chi connectivity index (χ0) is 17.8. The fraction of sp³-hybridized carbons (Fsp3) is 0.632. The molecule has 0 radical (unpaired) electrons. The quantitative estimate of drug-likeness (QED) is 0.748. The molecule has 7 nitrogen and oxygen atoms in total. The molecule has 4 heterocycles. The maximum absolute atomic E-state index is 4.87. The van der Waals surface area contributed by atoms with Crippen LogP contribution < -0.4 is 9.80 Å². The van der Waals surface area contributed by atoms with Crippen molar-refractivity contribution in [3.8, 4) is 0 Å². The number of nitrogens with zero attached hydrogens (tertiary/aromatic N) is 6. The number of aromatic amines is 1. The maximum Gasteiger partial charge on any atom is 0.214 e. The van der Waals surface area contributed by atoms with Gasteiger partial charge in [0.05, 0.1) is 11.9 Å². The normalized spacial score (nSPS) is 21.6. The molecular formula is C19H25N7S. The lowest BCUT2D eigenvalue weighted by Crippen LogP contribution is -2.46. The van der Waals surface area contributed by atoms with Gasteiger partial charge < -0.3 is 9.80 Å². The van der Waals surface area contributed by atoms with Gasteiger partial charge in [0, 0.05) is 49.8 Å². The summed E-state index contributed by atoms with van der Waals surface area (Å²) in [5, 5.41) is 13.7. The molecule has 0 spiro atoms. The average Bonchev–Trinajstić information content (AvgIpc) is 3.13. The molecule has 8 heteroatoms. The molecule has 1 N–H and O–H groups in total. The number of piperazine rings is 1. The van der Waals surface area contributed by atoms with Crippen molar-refractivity contribution < 1.29 is 0 Å². The minimum Gasteiger partial charge on any atom is -0.352 e. The van der Waals surface area contributed by atoms with E-state index in [9.17, 15) is 0 Å². The van der Waals surface area contributed by atoms with Crippen molar-refractivity contribution in [2.45, 2.75) is 50.4 Å². The number of hydrogen-bond acceptors (Lipinski definition) is 6. The van der Waals surface area contributed by atoms with E-state index in [2.05, 4.69) is 32.3 Å². The Morgan fingerprint density at radius 2 is 1.74 bits per heavy atom. The van der Waals surface area contributed by atoms with Crippen molar-refractivity contribution in [1.82, 2.24) is 24.8 Å². The van der Waals surface area contributed by atoms with Crippen molar-refractivity contribution >= 4 is 27.2 Å². The van der Waals surface area contributed by atoms with Gasteiger partial charge in [-0.25, -0.2) is 9.50 Å². The molecule has 0 unspecified atom stereocenters. The Kier molecular flexibility index (Phi) is 3.67. The second kappa shape index (κ2) is 6.22. The Balaban J connectivity index is 1.13. The lowest BCUT2D eigenvalue weighted by atomic mass is 10.1. The van der Waals surface area contributed by atoms with Gasteiger partial charge in [0.25, 0.3) is 0 Å². The Morgan fingerprint density at radius 3 is 2.48 bits per heavy atom. The number of hydrogen-bond donors (Lipinski definition) is 1. The molecule has 1 saturated heterocycles. The van der Waals surface area contributed by atoms with Gasteiger partial charge in [-0.3, -0.25) is 5.10 Å². The molecule has 3 aromatic heterocycles. The molecule has 3 fully saturated rings. The minimum atomic E-state index is 0.653. The predicted molar refractivity (Wildman–Crippen MR) is 107 cm³/mol. The van der Waals surface area contributed by atoms with Gasteiger partial charge in [0.1, 0.15) is 0 Å². The van der Waals surface area contributed by atoms with Crippen LogP contribution in [-0.2, 0) is 0 Å². The maximum atomic E-state index is 4.87. The molecule has 0 amide bonds. The van der Waals surface area contributed by atoms with Crippen LogP contribution in [0.2, 0.25) is 0 Å². The van der Waals surface area contributed by atoms with Crippen LogP contribution in [0, 0.1) is 0 Å². The van der Waals surface area contributed by atoms with E-state index in [0.717, 1.165) is 48.0 Å². The number of fused-ring (bicyclic) bond motifs is 1. The monoisotopic (exact) mass is 383 g/mol. The smallest absolute Gasteiger partial charge is 0.214 e. The lowest BCUT2D eigenvalue weighted by Gasteiger charge is -2.34. The van der Waals surface area contributed by atoms with Crippen molar-refractivity contribution in [2.24, 2.45) is 0 Å². The van der Waals surface area contributed by atoms with Crippen molar-refractivity contribution in [3.05, 3.63) is 23.7 Å². The zero-order valence-electron chi connectivity index (χ0n) is 15.5. The lowest BCUT2D eigenvalue weighted by molar-refractivity contribution is 0.641. The summed E-state index contributed by atoms with van der Waals surface area (Å²) in [6, 6.07) is 2.25. The second-order valence-corrected chi connectivity index (χ2v) is 9.12. The summed E-state index contributed by atoms with van der Waals surface area (Å²) in [4.78, 5) is 10.7. The molecule has 3 aromatic rings. The summed E-state index contributed by atoms with van der Waals surface area (Å²) in [6.07, 6.45) is 10.0. The average molecular weight is 384 g/mol. The summed E-state index contributed by atoms with van der Waals surface area (Å²) in [7, 11) is 0. The zero-order valence-corrected chi connectivity index (χ0v) is 16.3. The van der Waals surface area contributed by atoms with E-state index < -0.39 is 0 Å². The minimum absolute atomic E-state index is 0.653. The molecule has 6 rings (SSSR count). The summed E-state index contributed by atoms with van der Waals surface area (Å²) in [5.41, 5.74) is 2.55. The summed E-state index contributed by atoms with van der Waals surface area (Å²) < 4.78 is 2.00. The Labute approximate surface area is 162 Å². The van der Waals surface area contributed by atoms with Crippen LogP contribution in [0.5, 0.6) is 0 Å². The standard InChI is InChI=1S/C19H25N7S/c1-2-4-13(3-1)16-12-26-18(20-16)27-19(23-26)25-9-7-24(8-10-25)17-11-15(21-22-17)14-5-6-14/h11-14H,1-10H2,(H,21,22). The number of imidazole rings is 1. The molecular weight excluding hydrogens is 358 g/mol. The highest BCUT2D eigenvalue weighted by Gasteiger charge is 2.28. The molecule has 0 atom stereocenters. The van der Waals surface area contributed by atoms with Crippen LogP contribution in [0.4, 0.5) is 10.9 Å². The van der Waals surface area contributed by atoms with Crippen molar-refractivity contribution in [3.63, 3.8) is 0 Å². The summed E-state index contributed by atoms with van der Waals surface area (Å²) >= 11 is 1.72. The summed E-state index contributed by atoms with van der Waals surface area (Å²) in [5.74, 6) is 2.49. The van der Waals surface area contributed by atoms with Crippen molar-refractivity contribution in [1.29, 1.82) is 0 Å². The van der Waals surface area contributed by atoms with E-state index in [0.29, 0.717) is 5.92 Å². The third-order valence-electron chi connectivity index (χ3n) is 6.30. The fourth-order valence-electron chi connectivity index (χ4n) is 4.47. The van der Waals surface area contributed by atoms with Gasteiger partial charge in [-0.2, -0.15) is 5.10 Å². The van der Waals surface area contributed by atoms with E-state index >= 15 is 0 Å². The topological polar surface area (TPSA) is 65.3 Å². The highest BCUT2D eigenvalue weighted by molar-refractivity contribution is 7.20. The van der Waals surface area contributed by atoms with Crippen molar-refractivity contribution in [2.75, 3.05) is 36.0 Å². The molecule has 0 bridgehead atoms. The first-order chi connectivity index (χ1) is 13.3. The number of anilines is 2. The molecule has 1 aliphatic heterocycles. The number of nitrogens with one attached hydrogen (secondary N) is 1. The van der Waals surface area contributed by atoms with Crippen LogP contribution >= 0.6 is 11.3 Å². The molecule has 2 aliphatic carbocycles. The van der Waals surface area contributed by atoms with Gasteiger partial charge >= 0.3 is 0 Å². The number of rotatable bonds is 4. The van der Waals surface area contributed by atoms with Gasteiger partial charge in [-0.15, -0.1) is 5.10 Å². The molecule has 27 heavy (non-hydrogen) atoms. The Hall–Kier alpha value is -2.09. The number of H-pyrrole nitrogens is 1. The first-order valence-electron chi connectivity index (χ1n) is 10.2. The fourth-order valence-corrected chi connectivity index (χ4v) is 5.41. The third kappa shape index (κ3) is 2.90. The van der Waals surface area contributed by atoms with Gasteiger partial charge in [0.15, 0.2) is 5.82 Å². The second-order valence-electron chi connectivity index (χ2n) is 8.19. The van der Waals surface area contributed by atoms with Crippen LogP contribution in [0.15, 0.2) is 12.3 Å². The van der Waals surface area contributed by atoms with E-state index in [-0.39, 0.29) is 0 Å². The van der Waals surface area contributed by atoms with Crippen LogP contribution in [0.3, 0.4) is 0 Å². The molecule has 2 saturated carbocycles. The largest absolute Gasteiger partial charge is 0.352 e. The highest BCUT2D eigenvalue weighted by Crippen LogP contribution is 2.40. The molecule has 0 aromatic carbocycles. The van der Waals surface area contributed by atoms with Crippen LogP contribution in [0.25, 0.3) is 4.96 Å². The molecule has 142 valence electrons. The molecule has 3 aliphatic rings. The van der Waals surface area contributed by atoms with Gasteiger partial charge in [-0.1, -0.05) is 24.2 Å². The van der Waals surface area contributed by atoms with E-state index in [1.165, 1.54) is 49.9 Å². The third-order valence-corrected chi connectivity index (χ3v) is 7.28. The summed E-state index contributed by atoms with van der Waals surface area (Å²) in [6.45, 7) is 3.95. The van der Waals surface area contributed by atoms with Gasteiger partial charge in [0.2, 0.25) is 10.1 Å². The first kappa shape index (κ1) is 15.9. The van der Waals surface area contributed by atoms with Crippen LogP contribution in [0.1, 0.15) is 61.7 Å². The van der Waals surface area contributed by atoms with Crippen LogP contribution in [-0.4, -0.2) is 51.0 Å². The van der Waals surface area contributed by atoms with E-state index in [1.807, 2.05) is 4.52 Å². The van der Waals surface area contributed by atoms with E-state index in [4.69, 9.17) is 10.1 Å². The highest BCUT2D eigenvalue weighted by atomic mass is 32.1. The van der Waals surface area contributed by atoms with E-state index in [1.54, 1.807) is 11.3 Å². The Morgan fingerprint density at radius 1 is 0.963 bits per heavy atom. The predicted octanol–water partition coefficient (Wildman–Crippen LogP) is 3.38. The Bertz CT molecular complexity index is 907. The van der Waals surface area contributed by atoms with Gasteiger partial charge in [-0.05, 0) is 25.7 Å².